The highest BCUT2D eigenvalue weighted by Gasteiger charge is 2.18. The molecule has 2 heterocycles. The standard InChI is InChI=1S/C25H26FN5O3/c1-3-4-13-30-23-22(24(33)31(25(30)34)15-18-7-5-6-8-20(18)26)28-21(29-23)14-17-9-11-19(12-10-17)27-16(2)32/h5-12H,3-4,13-15H2,1-2H3,(H,27,32)(H,28,29). The Morgan fingerprint density at radius 2 is 1.82 bits per heavy atom. The summed E-state index contributed by atoms with van der Waals surface area (Å²) in [6.07, 6.45) is 2.00. The third-order valence-electron chi connectivity index (χ3n) is 5.58. The van der Waals surface area contributed by atoms with Crippen LogP contribution in [0.1, 0.15) is 43.6 Å². The van der Waals surface area contributed by atoms with Crippen molar-refractivity contribution in [1.29, 1.82) is 0 Å². The molecule has 2 N–H and O–H groups in total. The Labute approximate surface area is 195 Å². The van der Waals surface area contributed by atoms with Gasteiger partial charge < -0.3 is 10.3 Å². The molecule has 8 nitrogen and oxygen atoms in total. The van der Waals surface area contributed by atoms with Crippen LogP contribution in [0.15, 0.2) is 58.1 Å². The molecule has 9 heteroatoms. The minimum absolute atomic E-state index is 0.151. The van der Waals surface area contributed by atoms with Gasteiger partial charge in [-0.25, -0.2) is 14.2 Å². The number of nitrogens with zero attached hydrogens (tertiary/aromatic N) is 3. The Morgan fingerprint density at radius 1 is 1.09 bits per heavy atom. The van der Waals surface area contributed by atoms with Gasteiger partial charge in [-0.05, 0) is 30.2 Å². The van der Waals surface area contributed by atoms with E-state index in [1.165, 1.54) is 17.6 Å². The summed E-state index contributed by atoms with van der Waals surface area (Å²) in [4.78, 5) is 45.3. The van der Waals surface area contributed by atoms with Gasteiger partial charge in [0, 0.05) is 31.1 Å². The van der Waals surface area contributed by atoms with Crippen molar-refractivity contribution in [1.82, 2.24) is 19.1 Å². The van der Waals surface area contributed by atoms with Gasteiger partial charge in [0.25, 0.3) is 5.56 Å². The molecule has 0 aliphatic carbocycles. The second-order valence-electron chi connectivity index (χ2n) is 8.21. The van der Waals surface area contributed by atoms with Crippen LogP contribution in [0.3, 0.4) is 0 Å². The largest absolute Gasteiger partial charge is 0.336 e. The third kappa shape index (κ3) is 4.83. The van der Waals surface area contributed by atoms with E-state index in [-0.39, 0.29) is 23.5 Å². The number of hydrogen-bond donors (Lipinski definition) is 2. The fourth-order valence-corrected chi connectivity index (χ4v) is 3.85. The normalized spacial score (nSPS) is 11.1. The summed E-state index contributed by atoms with van der Waals surface area (Å²) in [5, 5.41) is 2.72. The van der Waals surface area contributed by atoms with Gasteiger partial charge in [-0.15, -0.1) is 0 Å². The molecule has 0 bridgehead atoms. The fraction of sp³-hybridized carbons (Fsp3) is 0.280. The maximum absolute atomic E-state index is 14.2. The molecule has 0 spiro atoms. The highest BCUT2D eigenvalue weighted by molar-refractivity contribution is 5.88. The van der Waals surface area contributed by atoms with Gasteiger partial charge >= 0.3 is 5.69 Å². The van der Waals surface area contributed by atoms with Crippen LogP contribution >= 0.6 is 0 Å². The number of benzene rings is 2. The van der Waals surface area contributed by atoms with E-state index in [0.717, 1.165) is 23.0 Å². The van der Waals surface area contributed by atoms with Crippen LogP contribution in [0.25, 0.3) is 11.2 Å². The molecular weight excluding hydrogens is 437 g/mol. The molecular formula is C25H26FN5O3. The van der Waals surface area contributed by atoms with Crippen molar-refractivity contribution in [3.05, 3.63) is 92.1 Å². The smallest absolute Gasteiger partial charge is 0.333 e. The number of carbonyl (C=O) groups is 1. The Balaban J connectivity index is 1.75. The van der Waals surface area contributed by atoms with Crippen molar-refractivity contribution in [2.24, 2.45) is 0 Å². The number of halogens is 1. The highest BCUT2D eigenvalue weighted by atomic mass is 19.1. The Kier molecular flexibility index (Phi) is 6.72. The Hall–Kier alpha value is -4.01. The number of unbranched alkanes of at least 4 members (excludes halogenated alkanes) is 1. The van der Waals surface area contributed by atoms with Gasteiger partial charge in [0.1, 0.15) is 17.2 Å². The molecule has 0 fully saturated rings. The number of rotatable bonds is 8. The van der Waals surface area contributed by atoms with E-state index in [1.54, 1.807) is 30.3 Å². The summed E-state index contributed by atoms with van der Waals surface area (Å²) >= 11 is 0. The topological polar surface area (TPSA) is 102 Å². The van der Waals surface area contributed by atoms with E-state index in [4.69, 9.17) is 0 Å². The SMILES string of the molecule is CCCCn1c(=O)n(Cc2ccccc2F)c(=O)c2[nH]c(Cc3ccc(NC(C)=O)cc3)nc21. The predicted octanol–water partition coefficient (Wildman–Crippen LogP) is 3.42. The van der Waals surface area contributed by atoms with Crippen molar-refractivity contribution < 1.29 is 9.18 Å². The monoisotopic (exact) mass is 463 g/mol. The number of aromatic amines is 1. The Morgan fingerprint density at radius 3 is 2.50 bits per heavy atom. The zero-order chi connectivity index (χ0) is 24.2. The molecule has 0 saturated carbocycles. The van der Waals surface area contributed by atoms with E-state index in [1.807, 2.05) is 19.1 Å². The lowest BCUT2D eigenvalue weighted by Crippen LogP contribution is -2.40. The molecule has 4 rings (SSSR count). The van der Waals surface area contributed by atoms with Gasteiger partial charge in [-0.2, -0.15) is 0 Å². The molecule has 176 valence electrons. The molecule has 0 aliphatic rings. The third-order valence-corrected chi connectivity index (χ3v) is 5.58. The molecule has 0 atom stereocenters. The summed E-state index contributed by atoms with van der Waals surface area (Å²) in [5.41, 5.74) is 1.35. The van der Waals surface area contributed by atoms with Crippen molar-refractivity contribution >= 4 is 22.8 Å². The highest BCUT2D eigenvalue weighted by Crippen LogP contribution is 2.15. The number of aryl methyl sites for hydroxylation is 1. The van der Waals surface area contributed by atoms with Crippen LogP contribution in [0, 0.1) is 5.82 Å². The first kappa shape index (κ1) is 23.2. The summed E-state index contributed by atoms with van der Waals surface area (Å²) in [6.45, 7) is 3.70. The van der Waals surface area contributed by atoms with Crippen LogP contribution < -0.4 is 16.6 Å². The molecule has 0 radical (unpaired) electrons. The molecule has 1 amide bonds. The van der Waals surface area contributed by atoms with Gasteiger partial charge in [0.05, 0.1) is 6.54 Å². The fourth-order valence-electron chi connectivity index (χ4n) is 3.85. The van der Waals surface area contributed by atoms with E-state index in [9.17, 15) is 18.8 Å². The van der Waals surface area contributed by atoms with E-state index >= 15 is 0 Å². The van der Waals surface area contributed by atoms with Crippen LogP contribution in [0.2, 0.25) is 0 Å². The number of aromatic nitrogens is 4. The lowest BCUT2D eigenvalue weighted by atomic mass is 10.1. The lowest BCUT2D eigenvalue weighted by Gasteiger charge is -2.11. The summed E-state index contributed by atoms with van der Waals surface area (Å²) in [5.74, 6) is -0.0866. The van der Waals surface area contributed by atoms with E-state index < -0.39 is 17.1 Å². The molecule has 0 aliphatic heterocycles. The zero-order valence-corrected chi connectivity index (χ0v) is 19.1. The number of imidazole rings is 1. The maximum Gasteiger partial charge on any atom is 0.333 e. The lowest BCUT2D eigenvalue weighted by molar-refractivity contribution is -0.114. The number of fused-ring (bicyclic) bond motifs is 1. The molecule has 4 aromatic rings. The van der Waals surface area contributed by atoms with Gasteiger partial charge in [0.2, 0.25) is 5.91 Å². The predicted molar refractivity (Wildman–Crippen MR) is 129 cm³/mol. The van der Waals surface area contributed by atoms with Gasteiger partial charge in [-0.3, -0.25) is 18.7 Å². The summed E-state index contributed by atoms with van der Waals surface area (Å²) in [7, 11) is 0. The number of H-pyrrole nitrogens is 1. The molecule has 34 heavy (non-hydrogen) atoms. The second-order valence-corrected chi connectivity index (χ2v) is 8.21. The molecule has 0 saturated heterocycles. The van der Waals surface area contributed by atoms with Crippen LogP contribution in [0.5, 0.6) is 0 Å². The van der Waals surface area contributed by atoms with Crippen LogP contribution in [-0.4, -0.2) is 25.0 Å². The first-order valence-corrected chi connectivity index (χ1v) is 11.2. The van der Waals surface area contributed by atoms with E-state index in [0.29, 0.717) is 30.1 Å². The average Bonchev–Trinajstić information content (AvgIpc) is 3.22. The average molecular weight is 464 g/mol. The van der Waals surface area contributed by atoms with E-state index in [2.05, 4.69) is 15.3 Å². The zero-order valence-electron chi connectivity index (χ0n) is 19.1. The van der Waals surface area contributed by atoms with Crippen molar-refractivity contribution in [3.63, 3.8) is 0 Å². The number of amides is 1. The quantitative estimate of drug-likeness (QED) is 0.418. The molecule has 0 unspecified atom stereocenters. The van der Waals surface area contributed by atoms with Crippen molar-refractivity contribution in [2.75, 3.05) is 5.32 Å². The first-order chi connectivity index (χ1) is 16.4. The van der Waals surface area contributed by atoms with Crippen molar-refractivity contribution in [3.8, 4) is 0 Å². The maximum atomic E-state index is 14.2. The number of nitrogens with one attached hydrogen (secondary N) is 2. The minimum Gasteiger partial charge on any atom is -0.336 e. The number of carbonyl (C=O) groups excluding carboxylic acids is 1. The molecule has 2 aromatic heterocycles. The van der Waals surface area contributed by atoms with Crippen LogP contribution in [-0.2, 0) is 24.3 Å². The van der Waals surface area contributed by atoms with Gasteiger partial charge in [0.15, 0.2) is 5.65 Å². The van der Waals surface area contributed by atoms with Crippen LogP contribution in [0.4, 0.5) is 10.1 Å². The second kappa shape index (κ2) is 9.86. The molecule has 2 aromatic carbocycles. The number of anilines is 1. The minimum atomic E-state index is -0.532. The number of hydrogen-bond acceptors (Lipinski definition) is 4. The van der Waals surface area contributed by atoms with Crippen molar-refractivity contribution in [2.45, 2.75) is 46.2 Å². The Bertz CT molecular complexity index is 1450. The summed E-state index contributed by atoms with van der Waals surface area (Å²) in [6, 6.07) is 13.4. The van der Waals surface area contributed by atoms with Gasteiger partial charge in [-0.1, -0.05) is 43.7 Å². The first-order valence-electron chi connectivity index (χ1n) is 11.2. The summed E-state index contributed by atoms with van der Waals surface area (Å²) < 4.78 is 16.8.